The van der Waals surface area contributed by atoms with Crippen LogP contribution in [0.15, 0.2) is 12.1 Å². The van der Waals surface area contributed by atoms with Gasteiger partial charge in [0, 0.05) is 12.0 Å². The highest BCUT2D eigenvalue weighted by Gasteiger charge is 2.58. The van der Waals surface area contributed by atoms with Gasteiger partial charge in [0.15, 0.2) is 12.4 Å². The van der Waals surface area contributed by atoms with Crippen LogP contribution in [0, 0.1) is 0 Å². The second-order valence-electron chi connectivity index (χ2n) is 7.38. The molecule has 1 N–H and O–H groups in total. The third-order valence-corrected chi connectivity index (χ3v) is 5.36. The number of pyridine rings is 1. The highest BCUT2D eigenvalue weighted by Crippen LogP contribution is 2.44. The number of nitrogens with one attached hydrogen (secondary N) is 1. The zero-order valence-electron chi connectivity index (χ0n) is 17.0. The Morgan fingerprint density at radius 2 is 1.70 bits per heavy atom. The lowest BCUT2D eigenvalue weighted by Gasteiger charge is -2.31. The van der Waals surface area contributed by atoms with E-state index < -0.39 is 36.0 Å². The van der Waals surface area contributed by atoms with Crippen molar-refractivity contribution in [2.75, 3.05) is 6.61 Å². The average molecular weight is 436 g/mol. The number of carbonyl (C=O) groups is 2. The molecule has 1 aliphatic rings. The lowest BCUT2D eigenvalue weighted by molar-refractivity contribution is -0.290. The van der Waals surface area contributed by atoms with Crippen LogP contribution in [-0.2, 0) is 4.79 Å². The maximum absolute atomic E-state index is 13.3. The van der Waals surface area contributed by atoms with E-state index in [1.165, 1.54) is 12.1 Å². The summed E-state index contributed by atoms with van der Waals surface area (Å²) in [7, 11) is 0. The normalized spacial score (nSPS) is 15.1. The van der Waals surface area contributed by atoms with Gasteiger partial charge in [0.1, 0.15) is 5.69 Å². The molecule has 1 aliphatic carbocycles. The predicted octanol–water partition coefficient (Wildman–Crippen LogP) is 4.80. The fourth-order valence-electron chi connectivity index (χ4n) is 3.15. The Bertz CT molecular complexity index is 787. The van der Waals surface area contributed by atoms with E-state index in [9.17, 15) is 31.5 Å². The van der Waals surface area contributed by atoms with E-state index in [-0.39, 0.29) is 23.8 Å². The SMILES string of the molecule is CCC(=O)C(CC)(CC)NC(=O)c1ccc(C2CC2)c(OCC(F)(F)C(F)(F)F)n1. The third-order valence-electron chi connectivity index (χ3n) is 5.36. The molecule has 0 atom stereocenters. The monoisotopic (exact) mass is 436 g/mol. The van der Waals surface area contributed by atoms with Gasteiger partial charge in [0.25, 0.3) is 5.91 Å². The Morgan fingerprint density at radius 1 is 1.10 bits per heavy atom. The van der Waals surface area contributed by atoms with E-state index in [4.69, 9.17) is 4.74 Å². The van der Waals surface area contributed by atoms with Crippen molar-refractivity contribution >= 4 is 11.7 Å². The Kier molecular flexibility index (Phi) is 7.08. The molecule has 168 valence electrons. The number of halogens is 5. The topological polar surface area (TPSA) is 68.3 Å². The number of alkyl halides is 5. The largest absolute Gasteiger partial charge is 0.471 e. The molecule has 2 rings (SSSR count). The van der Waals surface area contributed by atoms with Crippen LogP contribution in [0.2, 0.25) is 0 Å². The van der Waals surface area contributed by atoms with Crippen LogP contribution in [0.25, 0.3) is 0 Å². The molecular formula is C20H25F5N2O3. The number of rotatable bonds is 10. The van der Waals surface area contributed by atoms with Crippen molar-refractivity contribution in [2.45, 2.75) is 76.4 Å². The Morgan fingerprint density at radius 3 is 2.17 bits per heavy atom. The summed E-state index contributed by atoms with van der Waals surface area (Å²) in [5.41, 5.74) is -0.946. The van der Waals surface area contributed by atoms with E-state index in [1.54, 1.807) is 20.8 Å². The van der Waals surface area contributed by atoms with E-state index in [0.29, 0.717) is 18.4 Å². The first-order valence-electron chi connectivity index (χ1n) is 9.84. The number of hydrogen-bond acceptors (Lipinski definition) is 4. The van der Waals surface area contributed by atoms with Crippen LogP contribution in [0.5, 0.6) is 5.88 Å². The van der Waals surface area contributed by atoms with Gasteiger partial charge in [-0.15, -0.1) is 0 Å². The molecular weight excluding hydrogens is 411 g/mol. The van der Waals surface area contributed by atoms with Crippen LogP contribution in [0.4, 0.5) is 22.0 Å². The van der Waals surface area contributed by atoms with Gasteiger partial charge in [0.05, 0.1) is 5.54 Å². The molecule has 1 amide bonds. The number of ketones is 1. The summed E-state index contributed by atoms with van der Waals surface area (Å²) < 4.78 is 68.6. The summed E-state index contributed by atoms with van der Waals surface area (Å²) in [5, 5.41) is 2.65. The highest BCUT2D eigenvalue weighted by molar-refractivity contribution is 5.98. The smallest absolute Gasteiger partial charge is 0.456 e. The van der Waals surface area contributed by atoms with Crippen LogP contribution < -0.4 is 10.1 Å². The van der Waals surface area contributed by atoms with Crippen molar-refractivity contribution in [3.63, 3.8) is 0 Å². The number of Topliss-reactive ketones (excluding diaryl/α,β-unsaturated/α-hetero) is 1. The summed E-state index contributed by atoms with van der Waals surface area (Å²) >= 11 is 0. The molecule has 0 aromatic carbocycles. The van der Waals surface area contributed by atoms with Gasteiger partial charge in [0.2, 0.25) is 5.88 Å². The fraction of sp³-hybridized carbons (Fsp3) is 0.650. The quantitative estimate of drug-likeness (QED) is 0.535. The van der Waals surface area contributed by atoms with Gasteiger partial charge in [-0.1, -0.05) is 26.8 Å². The molecule has 0 unspecified atom stereocenters. The summed E-state index contributed by atoms with van der Waals surface area (Å²) in [6, 6.07) is 2.80. The van der Waals surface area contributed by atoms with Crippen molar-refractivity contribution < 1.29 is 36.3 Å². The summed E-state index contributed by atoms with van der Waals surface area (Å²) in [6.07, 6.45) is -3.44. The fourth-order valence-corrected chi connectivity index (χ4v) is 3.15. The minimum absolute atomic E-state index is 0.0591. The lowest BCUT2D eigenvalue weighted by Crippen LogP contribution is -2.53. The van der Waals surface area contributed by atoms with E-state index >= 15 is 0 Å². The number of nitrogens with zero attached hydrogens (tertiary/aromatic N) is 1. The van der Waals surface area contributed by atoms with Gasteiger partial charge < -0.3 is 10.1 Å². The second-order valence-corrected chi connectivity index (χ2v) is 7.38. The summed E-state index contributed by atoms with van der Waals surface area (Å²) in [4.78, 5) is 28.9. The zero-order chi connectivity index (χ0) is 22.7. The molecule has 1 heterocycles. The lowest BCUT2D eigenvalue weighted by atomic mass is 9.86. The zero-order valence-corrected chi connectivity index (χ0v) is 17.0. The van der Waals surface area contributed by atoms with Gasteiger partial charge in [-0.05, 0) is 37.7 Å². The van der Waals surface area contributed by atoms with Crippen LogP contribution >= 0.6 is 0 Å². The van der Waals surface area contributed by atoms with Gasteiger partial charge in [-0.2, -0.15) is 22.0 Å². The Hall–Kier alpha value is -2.26. The van der Waals surface area contributed by atoms with Crippen molar-refractivity contribution in [2.24, 2.45) is 0 Å². The number of aromatic nitrogens is 1. The van der Waals surface area contributed by atoms with Crippen LogP contribution in [0.3, 0.4) is 0 Å². The number of amides is 1. The molecule has 5 nitrogen and oxygen atoms in total. The van der Waals surface area contributed by atoms with E-state index in [1.807, 2.05) is 0 Å². The number of ether oxygens (including phenoxy) is 1. The molecule has 30 heavy (non-hydrogen) atoms. The third kappa shape index (κ3) is 5.07. The van der Waals surface area contributed by atoms with Crippen molar-refractivity contribution in [3.8, 4) is 5.88 Å². The van der Waals surface area contributed by atoms with Crippen molar-refractivity contribution in [1.82, 2.24) is 10.3 Å². The van der Waals surface area contributed by atoms with E-state index in [2.05, 4.69) is 10.3 Å². The minimum Gasteiger partial charge on any atom is -0.471 e. The summed E-state index contributed by atoms with van der Waals surface area (Å²) in [5.74, 6) is -6.43. The van der Waals surface area contributed by atoms with Crippen molar-refractivity contribution in [3.05, 3.63) is 23.4 Å². The number of carbonyl (C=O) groups excluding carboxylic acids is 2. The molecule has 0 radical (unpaired) electrons. The van der Waals surface area contributed by atoms with Crippen LogP contribution in [0.1, 0.15) is 74.8 Å². The van der Waals surface area contributed by atoms with Crippen molar-refractivity contribution in [1.29, 1.82) is 0 Å². The molecule has 1 saturated carbocycles. The molecule has 0 bridgehead atoms. The standard InChI is InChI=1S/C20H25F5N2O3/c1-4-15(28)18(5-2,6-3)27-16(29)14-10-9-13(12-7-8-12)17(26-14)30-11-19(21,22)20(23,24)25/h9-10,12H,4-8,11H2,1-3H3,(H,27,29). The van der Waals surface area contributed by atoms with Gasteiger partial charge in [-0.25, -0.2) is 4.98 Å². The maximum Gasteiger partial charge on any atom is 0.456 e. The second kappa shape index (κ2) is 8.85. The Labute approximate surface area is 171 Å². The molecule has 1 aromatic rings. The molecule has 0 aliphatic heterocycles. The molecule has 0 spiro atoms. The first kappa shape index (κ1) is 24.0. The molecule has 1 fully saturated rings. The molecule has 0 saturated heterocycles. The summed E-state index contributed by atoms with van der Waals surface area (Å²) in [6.45, 7) is 3.23. The minimum atomic E-state index is -5.76. The number of hydrogen-bond donors (Lipinski definition) is 1. The highest BCUT2D eigenvalue weighted by atomic mass is 19.4. The van der Waals surface area contributed by atoms with Gasteiger partial charge in [-0.3, -0.25) is 9.59 Å². The van der Waals surface area contributed by atoms with Crippen LogP contribution in [-0.4, -0.2) is 40.9 Å². The molecule has 10 heteroatoms. The first-order chi connectivity index (χ1) is 13.9. The maximum atomic E-state index is 13.3. The van der Waals surface area contributed by atoms with Gasteiger partial charge >= 0.3 is 12.1 Å². The Balaban J connectivity index is 2.28. The van der Waals surface area contributed by atoms with E-state index in [0.717, 1.165) is 12.8 Å². The first-order valence-corrected chi connectivity index (χ1v) is 9.84. The molecule has 1 aromatic heterocycles. The predicted molar refractivity (Wildman–Crippen MR) is 98.8 cm³/mol. The average Bonchev–Trinajstić information content (AvgIpc) is 3.54.